The standard InChI is InChI=1S/C16H22N2O4/c1-11-7-8-14(18(20)21)15(9-11)22-10-16(19)17-12(2)5-4-6-13(17)3/h7-9,12-13H,4-6,10H2,1-3H3/t12-,13-/m0/s1. The summed E-state index contributed by atoms with van der Waals surface area (Å²) >= 11 is 0. The number of nitrogens with zero attached hydrogens (tertiary/aromatic N) is 2. The Morgan fingerprint density at radius 1 is 1.36 bits per heavy atom. The summed E-state index contributed by atoms with van der Waals surface area (Å²) in [5.41, 5.74) is 0.742. The lowest BCUT2D eigenvalue weighted by atomic mass is 9.97. The van der Waals surface area contributed by atoms with Gasteiger partial charge in [0.2, 0.25) is 0 Å². The molecule has 6 heteroatoms. The topological polar surface area (TPSA) is 72.7 Å². The monoisotopic (exact) mass is 306 g/mol. The molecular formula is C16H22N2O4. The molecule has 0 aromatic heterocycles. The quantitative estimate of drug-likeness (QED) is 0.633. The molecule has 0 aliphatic carbocycles. The first kappa shape index (κ1) is 16.3. The van der Waals surface area contributed by atoms with E-state index >= 15 is 0 Å². The molecule has 0 spiro atoms. The van der Waals surface area contributed by atoms with Crippen LogP contribution in [0, 0.1) is 17.0 Å². The number of carbonyl (C=O) groups is 1. The molecule has 1 aromatic carbocycles. The van der Waals surface area contributed by atoms with E-state index in [0.717, 1.165) is 24.8 Å². The molecule has 6 nitrogen and oxygen atoms in total. The number of amides is 1. The fourth-order valence-corrected chi connectivity index (χ4v) is 3.01. The van der Waals surface area contributed by atoms with Gasteiger partial charge in [0.05, 0.1) is 4.92 Å². The van der Waals surface area contributed by atoms with Crippen LogP contribution >= 0.6 is 0 Å². The van der Waals surface area contributed by atoms with Crippen molar-refractivity contribution in [1.82, 2.24) is 4.90 Å². The SMILES string of the molecule is Cc1ccc([N+](=O)[O-])c(OCC(=O)N2[C@@H](C)CCC[C@@H]2C)c1. The molecule has 22 heavy (non-hydrogen) atoms. The second-order valence-electron chi connectivity index (χ2n) is 5.95. The molecule has 2 atom stereocenters. The predicted octanol–water partition coefficient (Wildman–Crippen LogP) is 3.07. The van der Waals surface area contributed by atoms with Crippen LogP contribution in [-0.4, -0.2) is 34.4 Å². The van der Waals surface area contributed by atoms with Gasteiger partial charge in [0.1, 0.15) is 0 Å². The van der Waals surface area contributed by atoms with Crippen molar-refractivity contribution in [2.24, 2.45) is 0 Å². The maximum atomic E-state index is 12.4. The number of hydrogen-bond acceptors (Lipinski definition) is 4. The molecule has 1 fully saturated rings. The van der Waals surface area contributed by atoms with Crippen LogP contribution < -0.4 is 4.74 Å². The Labute approximate surface area is 130 Å². The van der Waals surface area contributed by atoms with Gasteiger partial charge >= 0.3 is 5.69 Å². The molecule has 2 rings (SSSR count). The smallest absolute Gasteiger partial charge is 0.310 e. The third-order valence-electron chi connectivity index (χ3n) is 4.14. The van der Waals surface area contributed by atoms with Gasteiger partial charge in [0.25, 0.3) is 5.91 Å². The number of carbonyl (C=O) groups excluding carboxylic acids is 1. The zero-order valence-electron chi connectivity index (χ0n) is 13.2. The van der Waals surface area contributed by atoms with Crippen LogP contribution in [0.15, 0.2) is 18.2 Å². The molecule has 0 bridgehead atoms. The van der Waals surface area contributed by atoms with Gasteiger partial charge in [-0.15, -0.1) is 0 Å². The van der Waals surface area contributed by atoms with Crippen LogP contribution in [0.3, 0.4) is 0 Å². The highest BCUT2D eigenvalue weighted by atomic mass is 16.6. The molecule has 1 aliphatic rings. The fourth-order valence-electron chi connectivity index (χ4n) is 3.01. The van der Waals surface area contributed by atoms with E-state index in [9.17, 15) is 14.9 Å². The van der Waals surface area contributed by atoms with Crippen molar-refractivity contribution < 1.29 is 14.5 Å². The summed E-state index contributed by atoms with van der Waals surface area (Å²) in [6.07, 6.45) is 3.09. The molecule has 1 aliphatic heterocycles. The second-order valence-corrected chi connectivity index (χ2v) is 5.95. The Morgan fingerprint density at radius 2 is 2.00 bits per heavy atom. The summed E-state index contributed by atoms with van der Waals surface area (Å²) in [6.45, 7) is 5.72. The third-order valence-corrected chi connectivity index (χ3v) is 4.14. The molecule has 1 amide bonds. The van der Waals surface area contributed by atoms with Crippen LogP contribution in [0.1, 0.15) is 38.7 Å². The van der Waals surface area contributed by atoms with E-state index in [1.807, 2.05) is 25.7 Å². The van der Waals surface area contributed by atoms with Crippen molar-refractivity contribution in [2.75, 3.05) is 6.61 Å². The van der Waals surface area contributed by atoms with E-state index in [2.05, 4.69) is 0 Å². The average Bonchev–Trinajstić information content (AvgIpc) is 2.44. The molecule has 0 radical (unpaired) electrons. The first-order valence-electron chi connectivity index (χ1n) is 7.59. The van der Waals surface area contributed by atoms with E-state index in [1.54, 1.807) is 12.1 Å². The summed E-state index contributed by atoms with van der Waals surface area (Å²) in [5, 5.41) is 11.0. The van der Waals surface area contributed by atoms with Crippen LogP contribution in [-0.2, 0) is 4.79 Å². The van der Waals surface area contributed by atoms with E-state index in [0.29, 0.717) is 0 Å². The molecule has 0 N–H and O–H groups in total. The molecular weight excluding hydrogens is 284 g/mol. The molecule has 0 unspecified atom stereocenters. The van der Waals surface area contributed by atoms with Crippen molar-refractivity contribution in [3.63, 3.8) is 0 Å². The van der Waals surface area contributed by atoms with Crippen LogP contribution in [0.5, 0.6) is 5.75 Å². The van der Waals surface area contributed by atoms with Gasteiger partial charge in [-0.2, -0.15) is 0 Å². The molecule has 0 saturated carbocycles. The highest BCUT2D eigenvalue weighted by Crippen LogP contribution is 2.28. The fraction of sp³-hybridized carbons (Fsp3) is 0.562. The van der Waals surface area contributed by atoms with Crippen molar-refractivity contribution in [2.45, 2.75) is 52.1 Å². The lowest BCUT2D eigenvalue weighted by Crippen LogP contribution is -2.49. The van der Waals surface area contributed by atoms with E-state index in [1.165, 1.54) is 6.07 Å². The van der Waals surface area contributed by atoms with Gasteiger partial charge in [-0.1, -0.05) is 6.07 Å². The molecule has 1 heterocycles. The van der Waals surface area contributed by atoms with Gasteiger partial charge in [-0.25, -0.2) is 0 Å². The lowest BCUT2D eigenvalue weighted by molar-refractivity contribution is -0.385. The van der Waals surface area contributed by atoms with Gasteiger partial charge in [0.15, 0.2) is 12.4 Å². The third kappa shape index (κ3) is 3.55. The first-order chi connectivity index (χ1) is 10.4. The summed E-state index contributed by atoms with van der Waals surface area (Å²) < 4.78 is 5.46. The van der Waals surface area contributed by atoms with E-state index in [-0.39, 0.29) is 36.0 Å². The number of nitro benzene ring substituents is 1. The van der Waals surface area contributed by atoms with E-state index < -0.39 is 4.92 Å². The van der Waals surface area contributed by atoms with Crippen molar-refractivity contribution in [3.8, 4) is 5.75 Å². The van der Waals surface area contributed by atoms with Gasteiger partial charge in [-0.05, 0) is 51.7 Å². The zero-order chi connectivity index (χ0) is 16.3. The van der Waals surface area contributed by atoms with Crippen molar-refractivity contribution in [3.05, 3.63) is 33.9 Å². The van der Waals surface area contributed by atoms with Gasteiger partial charge in [-0.3, -0.25) is 14.9 Å². The Hall–Kier alpha value is -2.11. The Morgan fingerprint density at radius 3 is 2.59 bits per heavy atom. The predicted molar refractivity (Wildman–Crippen MR) is 82.9 cm³/mol. The highest BCUT2D eigenvalue weighted by Gasteiger charge is 2.29. The Bertz CT molecular complexity index is 563. The lowest BCUT2D eigenvalue weighted by Gasteiger charge is -2.38. The number of ether oxygens (including phenoxy) is 1. The number of hydrogen-bond donors (Lipinski definition) is 0. The van der Waals surface area contributed by atoms with E-state index in [4.69, 9.17) is 4.74 Å². The second kappa shape index (κ2) is 6.77. The summed E-state index contributed by atoms with van der Waals surface area (Å²) in [6, 6.07) is 5.02. The first-order valence-corrected chi connectivity index (χ1v) is 7.59. The van der Waals surface area contributed by atoms with Gasteiger partial charge < -0.3 is 9.64 Å². The summed E-state index contributed by atoms with van der Waals surface area (Å²) in [5.74, 6) is 0.0335. The molecule has 1 aromatic rings. The Balaban J connectivity index is 2.08. The van der Waals surface area contributed by atoms with Crippen LogP contribution in [0.4, 0.5) is 5.69 Å². The summed E-state index contributed by atoms with van der Waals surface area (Å²) in [4.78, 5) is 24.7. The van der Waals surface area contributed by atoms with Crippen LogP contribution in [0.2, 0.25) is 0 Å². The number of likely N-dealkylation sites (tertiary alicyclic amines) is 1. The summed E-state index contributed by atoms with van der Waals surface area (Å²) in [7, 11) is 0. The minimum Gasteiger partial charge on any atom is -0.477 e. The zero-order valence-corrected chi connectivity index (χ0v) is 13.2. The van der Waals surface area contributed by atoms with Gasteiger partial charge in [0, 0.05) is 18.2 Å². The molecule has 120 valence electrons. The Kier molecular flexibility index (Phi) is 5.00. The number of piperidine rings is 1. The largest absolute Gasteiger partial charge is 0.477 e. The van der Waals surface area contributed by atoms with Crippen molar-refractivity contribution >= 4 is 11.6 Å². The van der Waals surface area contributed by atoms with Crippen LogP contribution in [0.25, 0.3) is 0 Å². The highest BCUT2D eigenvalue weighted by molar-refractivity contribution is 5.78. The minimum absolute atomic E-state index is 0.113. The van der Waals surface area contributed by atoms with Crippen molar-refractivity contribution in [1.29, 1.82) is 0 Å². The number of aryl methyl sites for hydroxylation is 1. The number of nitro groups is 1. The number of benzene rings is 1. The normalized spacial score (nSPS) is 21.5. The molecule has 1 saturated heterocycles. The number of rotatable bonds is 4. The maximum absolute atomic E-state index is 12.4. The maximum Gasteiger partial charge on any atom is 0.310 e. The average molecular weight is 306 g/mol. The minimum atomic E-state index is -0.495.